The molecule has 0 unspecified atom stereocenters. The molecule has 0 aliphatic carbocycles. The predicted octanol–water partition coefficient (Wildman–Crippen LogP) is 3.73. The maximum atomic E-state index is 12.5. The maximum Gasteiger partial charge on any atom is 0.273 e. The third-order valence-electron chi connectivity index (χ3n) is 3.30. The van der Waals surface area contributed by atoms with Gasteiger partial charge in [0.15, 0.2) is 0 Å². The van der Waals surface area contributed by atoms with Crippen LogP contribution in [0.4, 0.5) is 0 Å². The van der Waals surface area contributed by atoms with E-state index in [0.29, 0.717) is 5.69 Å². The highest BCUT2D eigenvalue weighted by atomic mass is 35.5. The zero-order valence-corrected chi connectivity index (χ0v) is 13.0. The molecule has 3 rings (SSSR count). The Balaban J connectivity index is 1.87. The molecule has 0 N–H and O–H groups in total. The smallest absolute Gasteiger partial charge is 0.273 e. The van der Waals surface area contributed by atoms with Crippen LogP contribution in [-0.2, 0) is 0 Å². The molecule has 2 heterocycles. The number of hydrogen-bond acceptors (Lipinski definition) is 4. The molecule has 1 aromatic heterocycles. The Kier molecular flexibility index (Phi) is 4.29. The van der Waals surface area contributed by atoms with Gasteiger partial charge in [0.1, 0.15) is 5.69 Å². The van der Waals surface area contributed by atoms with Crippen LogP contribution in [0.1, 0.15) is 22.1 Å². The van der Waals surface area contributed by atoms with Crippen molar-refractivity contribution in [1.82, 2.24) is 9.88 Å². The predicted molar refractivity (Wildman–Crippen MR) is 84.7 cm³/mol. The number of aromatic nitrogens is 1. The summed E-state index contributed by atoms with van der Waals surface area (Å²) in [6, 6.07) is 7.85. The van der Waals surface area contributed by atoms with Crippen molar-refractivity contribution in [3.05, 3.63) is 51.4 Å². The lowest BCUT2D eigenvalue weighted by Crippen LogP contribution is -2.40. The van der Waals surface area contributed by atoms with Crippen molar-refractivity contribution in [2.75, 3.05) is 18.1 Å². The number of hydrogen-bond donors (Lipinski definition) is 0. The van der Waals surface area contributed by atoms with Crippen molar-refractivity contribution in [3.63, 3.8) is 0 Å². The van der Waals surface area contributed by atoms with Crippen LogP contribution in [0.2, 0.25) is 5.02 Å². The van der Waals surface area contributed by atoms with E-state index in [9.17, 15) is 4.79 Å². The number of amides is 1. The lowest BCUT2D eigenvalue weighted by atomic mass is 10.1. The molecule has 0 spiro atoms. The first-order chi connectivity index (χ1) is 9.75. The maximum absolute atomic E-state index is 12.5. The highest BCUT2D eigenvalue weighted by molar-refractivity contribution is 7.99. The van der Waals surface area contributed by atoms with E-state index in [4.69, 9.17) is 11.6 Å². The second-order valence-electron chi connectivity index (χ2n) is 4.51. The third kappa shape index (κ3) is 2.85. The zero-order valence-electron chi connectivity index (χ0n) is 10.7. The molecule has 0 radical (unpaired) electrons. The quantitative estimate of drug-likeness (QED) is 0.844. The first-order valence-corrected chi connectivity index (χ1v) is 8.75. The molecule has 104 valence electrons. The van der Waals surface area contributed by atoms with Crippen molar-refractivity contribution < 1.29 is 4.79 Å². The topological polar surface area (TPSA) is 33.2 Å². The first kappa shape index (κ1) is 13.9. The van der Waals surface area contributed by atoms with Gasteiger partial charge in [-0.1, -0.05) is 23.7 Å². The van der Waals surface area contributed by atoms with Crippen LogP contribution in [0.5, 0.6) is 0 Å². The van der Waals surface area contributed by atoms with Gasteiger partial charge in [0, 0.05) is 28.5 Å². The fourth-order valence-electron chi connectivity index (χ4n) is 2.27. The standard InChI is InChI=1S/C14H13ClN2OS2/c15-11-3-1-10(2-4-11)13-8-19-6-5-17(13)14(18)12-7-20-9-16-12/h1-4,7,9,13H,5-6,8H2/t13-/m1/s1. The minimum Gasteiger partial charge on any atom is -0.329 e. The Morgan fingerprint density at radius 1 is 1.35 bits per heavy atom. The van der Waals surface area contributed by atoms with Gasteiger partial charge in [-0.05, 0) is 17.7 Å². The molecule has 1 amide bonds. The second-order valence-corrected chi connectivity index (χ2v) is 6.82. The van der Waals surface area contributed by atoms with Crippen LogP contribution in [0, 0.1) is 0 Å². The Hall–Kier alpha value is -1.04. The Labute approximate surface area is 131 Å². The molecule has 0 bridgehead atoms. The largest absolute Gasteiger partial charge is 0.329 e. The molecule has 0 saturated carbocycles. The number of rotatable bonds is 2. The molecule has 1 aliphatic rings. The number of thioether (sulfide) groups is 1. The average Bonchev–Trinajstić information content (AvgIpc) is 3.02. The van der Waals surface area contributed by atoms with Crippen LogP contribution in [-0.4, -0.2) is 33.8 Å². The van der Waals surface area contributed by atoms with Gasteiger partial charge in [-0.15, -0.1) is 11.3 Å². The minimum absolute atomic E-state index is 0.0199. The number of thiazole rings is 1. The first-order valence-electron chi connectivity index (χ1n) is 6.28. The van der Waals surface area contributed by atoms with E-state index in [1.165, 1.54) is 11.3 Å². The number of carbonyl (C=O) groups is 1. The lowest BCUT2D eigenvalue weighted by molar-refractivity contribution is 0.0696. The van der Waals surface area contributed by atoms with E-state index >= 15 is 0 Å². The summed E-state index contributed by atoms with van der Waals surface area (Å²) in [6.45, 7) is 0.758. The molecular formula is C14H13ClN2OS2. The molecular weight excluding hydrogens is 312 g/mol. The van der Waals surface area contributed by atoms with E-state index in [-0.39, 0.29) is 11.9 Å². The third-order valence-corrected chi connectivity index (χ3v) is 5.16. The Morgan fingerprint density at radius 3 is 2.85 bits per heavy atom. The van der Waals surface area contributed by atoms with Crippen molar-refractivity contribution in [3.8, 4) is 0 Å². The van der Waals surface area contributed by atoms with Gasteiger partial charge in [-0.2, -0.15) is 11.8 Å². The van der Waals surface area contributed by atoms with Gasteiger partial charge >= 0.3 is 0 Å². The zero-order chi connectivity index (χ0) is 13.9. The van der Waals surface area contributed by atoms with E-state index in [2.05, 4.69) is 4.98 Å². The number of benzene rings is 1. The second kappa shape index (κ2) is 6.16. The fourth-order valence-corrected chi connectivity index (χ4v) is 4.01. The van der Waals surface area contributed by atoms with Crippen LogP contribution in [0.15, 0.2) is 35.2 Å². The molecule has 1 fully saturated rings. The summed E-state index contributed by atoms with van der Waals surface area (Å²) in [7, 11) is 0. The summed E-state index contributed by atoms with van der Waals surface area (Å²) >= 11 is 9.26. The molecule has 1 aliphatic heterocycles. The van der Waals surface area contributed by atoms with Gasteiger partial charge in [0.2, 0.25) is 0 Å². The highest BCUT2D eigenvalue weighted by Gasteiger charge is 2.29. The molecule has 20 heavy (non-hydrogen) atoms. The van der Waals surface area contributed by atoms with Crippen molar-refractivity contribution >= 4 is 40.6 Å². The van der Waals surface area contributed by atoms with Crippen molar-refractivity contribution in [1.29, 1.82) is 0 Å². The monoisotopic (exact) mass is 324 g/mol. The summed E-state index contributed by atoms with van der Waals surface area (Å²) in [5.74, 6) is 1.91. The van der Waals surface area contributed by atoms with E-state index in [1.807, 2.05) is 46.3 Å². The molecule has 6 heteroatoms. The summed E-state index contributed by atoms with van der Waals surface area (Å²) in [6.07, 6.45) is 0. The number of nitrogens with zero attached hydrogens (tertiary/aromatic N) is 2. The Morgan fingerprint density at radius 2 is 2.15 bits per heavy atom. The fraction of sp³-hybridized carbons (Fsp3) is 0.286. The lowest BCUT2D eigenvalue weighted by Gasteiger charge is -2.35. The Bertz CT molecular complexity index is 586. The molecule has 2 aromatic rings. The highest BCUT2D eigenvalue weighted by Crippen LogP contribution is 2.31. The summed E-state index contributed by atoms with van der Waals surface area (Å²) < 4.78 is 0. The van der Waals surface area contributed by atoms with Crippen molar-refractivity contribution in [2.45, 2.75) is 6.04 Å². The van der Waals surface area contributed by atoms with Crippen LogP contribution in [0.3, 0.4) is 0 Å². The number of carbonyl (C=O) groups excluding carboxylic acids is 1. The van der Waals surface area contributed by atoms with Gasteiger partial charge in [0.05, 0.1) is 11.6 Å². The van der Waals surface area contributed by atoms with Crippen molar-refractivity contribution in [2.24, 2.45) is 0 Å². The SMILES string of the molecule is O=C(c1cscn1)N1CCSC[C@@H]1c1ccc(Cl)cc1. The van der Waals surface area contributed by atoms with Crippen LogP contribution >= 0.6 is 34.7 Å². The van der Waals surface area contributed by atoms with Gasteiger partial charge < -0.3 is 4.90 Å². The summed E-state index contributed by atoms with van der Waals surface area (Å²) in [4.78, 5) is 18.6. The summed E-state index contributed by atoms with van der Waals surface area (Å²) in [5, 5.41) is 2.53. The van der Waals surface area contributed by atoms with E-state index in [1.54, 1.807) is 5.51 Å². The average molecular weight is 325 g/mol. The van der Waals surface area contributed by atoms with Crippen LogP contribution < -0.4 is 0 Å². The summed E-state index contributed by atoms with van der Waals surface area (Å²) in [5.41, 5.74) is 3.37. The molecule has 1 atom stereocenters. The molecule has 1 aromatic carbocycles. The van der Waals surface area contributed by atoms with Gasteiger partial charge in [-0.3, -0.25) is 4.79 Å². The van der Waals surface area contributed by atoms with Crippen LogP contribution in [0.25, 0.3) is 0 Å². The molecule has 3 nitrogen and oxygen atoms in total. The normalized spacial score (nSPS) is 19.1. The molecule has 1 saturated heterocycles. The van der Waals surface area contributed by atoms with Gasteiger partial charge in [0.25, 0.3) is 5.91 Å². The number of halogens is 1. The minimum atomic E-state index is 0.0199. The van der Waals surface area contributed by atoms with E-state index < -0.39 is 0 Å². The van der Waals surface area contributed by atoms with Gasteiger partial charge in [-0.25, -0.2) is 4.98 Å². The van der Waals surface area contributed by atoms with E-state index in [0.717, 1.165) is 28.6 Å².